The smallest absolute Gasteiger partial charge is 0.407 e. The molecule has 1 saturated heterocycles. The van der Waals surface area contributed by atoms with Crippen molar-refractivity contribution in [2.24, 2.45) is 0 Å². The van der Waals surface area contributed by atoms with Crippen LogP contribution in [-0.2, 0) is 9.84 Å². The second kappa shape index (κ2) is 5.64. The summed E-state index contributed by atoms with van der Waals surface area (Å²) in [5.41, 5.74) is 0. The van der Waals surface area contributed by atoms with Crippen LogP contribution < -0.4 is 4.90 Å². The number of halogens is 1. The Morgan fingerprint density at radius 3 is 2.67 bits per heavy atom. The van der Waals surface area contributed by atoms with E-state index in [1.165, 1.54) is 11.1 Å². The fourth-order valence-electron chi connectivity index (χ4n) is 2.17. The van der Waals surface area contributed by atoms with Crippen LogP contribution in [0.15, 0.2) is 11.2 Å². The molecule has 2 heterocycles. The number of carbonyl (C=O) groups is 1. The van der Waals surface area contributed by atoms with Crippen molar-refractivity contribution in [3.63, 3.8) is 0 Å². The lowest BCUT2D eigenvalue weighted by atomic mass is 10.2. The van der Waals surface area contributed by atoms with Gasteiger partial charge < -0.3 is 14.9 Å². The van der Waals surface area contributed by atoms with Crippen LogP contribution in [0.2, 0.25) is 5.02 Å². The van der Waals surface area contributed by atoms with E-state index in [1.54, 1.807) is 4.90 Å². The first-order chi connectivity index (χ1) is 9.70. The maximum atomic E-state index is 11.6. The molecule has 2 rings (SSSR count). The molecule has 21 heavy (non-hydrogen) atoms. The van der Waals surface area contributed by atoms with Crippen LogP contribution in [0.4, 0.5) is 10.7 Å². The van der Waals surface area contributed by atoms with E-state index >= 15 is 0 Å². The number of hydrogen-bond donors (Lipinski definition) is 1. The predicted octanol–water partition coefficient (Wildman–Crippen LogP) is 0.722. The van der Waals surface area contributed by atoms with Gasteiger partial charge in [0.25, 0.3) is 0 Å². The summed E-state index contributed by atoms with van der Waals surface area (Å²) in [5.74, 6) is 0.234. The largest absolute Gasteiger partial charge is 0.465 e. The number of carboxylic acid groups (broad SMARTS) is 1. The van der Waals surface area contributed by atoms with E-state index in [4.69, 9.17) is 16.7 Å². The number of sulfone groups is 1. The van der Waals surface area contributed by atoms with Gasteiger partial charge in [-0.3, -0.25) is 0 Å². The standard InChI is InChI=1S/C11H15ClN4O4S/c1-7-6-15(11(17)18)3-4-16(7)10-13-5-8(12)9(14-10)21(2,19)20/h5,7H,3-4,6H2,1-2H3,(H,17,18)/t7-/m0/s1. The molecule has 0 bridgehead atoms. The molecule has 1 atom stereocenters. The van der Waals surface area contributed by atoms with E-state index in [1.807, 2.05) is 6.92 Å². The monoisotopic (exact) mass is 334 g/mol. The van der Waals surface area contributed by atoms with Gasteiger partial charge in [0.2, 0.25) is 5.95 Å². The fourth-order valence-corrected chi connectivity index (χ4v) is 3.34. The van der Waals surface area contributed by atoms with Gasteiger partial charge in [-0.25, -0.2) is 18.2 Å². The number of aromatic nitrogens is 2. The molecule has 1 N–H and O–H groups in total. The molecule has 0 radical (unpaired) electrons. The number of rotatable bonds is 2. The van der Waals surface area contributed by atoms with Crippen molar-refractivity contribution in [3.05, 3.63) is 11.2 Å². The van der Waals surface area contributed by atoms with Crippen molar-refractivity contribution in [2.45, 2.75) is 18.0 Å². The third kappa shape index (κ3) is 3.35. The first kappa shape index (κ1) is 15.8. The Kier molecular flexibility index (Phi) is 4.24. The highest BCUT2D eigenvalue weighted by Gasteiger charge is 2.29. The number of anilines is 1. The molecule has 10 heteroatoms. The lowest BCUT2D eigenvalue weighted by Crippen LogP contribution is -2.54. The first-order valence-electron chi connectivity index (χ1n) is 6.17. The quantitative estimate of drug-likeness (QED) is 0.795. The van der Waals surface area contributed by atoms with Crippen molar-refractivity contribution in [1.29, 1.82) is 0 Å². The SMILES string of the molecule is C[C@H]1CN(C(=O)O)CCN1c1ncc(Cl)c(S(C)(=O)=O)n1. The lowest BCUT2D eigenvalue weighted by Gasteiger charge is -2.38. The minimum atomic E-state index is -3.55. The average Bonchev–Trinajstić information content (AvgIpc) is 2.38. The summed E-state index contributed by atoms with van der Waals surface area (Å²) in [4.78, 5) is 22.1. The minimum absolute atomic E-state index is 0.0296. The van der Waals surface area contributed by atoms with Gasteiger partial charge in [-0.05, 0) is 6.92 Å². The minimum Gasteiger partial charge on any atom is -0.465 e. The number of nitrogens with zero attached hydrogens (tertiary/aromatic N) is 4. The second-order valence-electron chi connectivity index (χ2n) is 4.87. The molecule has 0 unspecified atom stereocenters. The van der Waals surface area contributed by atoms with E-state index in [-0.39, 0.29) is 22.0 Å². The summed E-state index contributed by atoms with van der Waals surface area (Å²) in [6.07, 6.45) is 1.29. The summed E-state index contributed by atoms with van der Waals surface area (Å²) in [6, 6.07) is -0.163. The van der Waals surface area contributed by atoms with Crippen LogP contribution >= 0.6 is 11.6 Å². The van der Waals surface area contributed by atoms with Crippen molar-refractivity contribution in [1.82, 2.24) is 14.9 Å². The maximum absolute atomic E-state index is 11.6. The summed E-state index contributed by atoms with van der Waals surface area (Å²) in [6.45, 7) is 2.82. The maximum Gasteiger partial charge on any atom is 0.407 e. The van der Waals surface area contributed by atoms with E-state index in [0.29, 0.717) is 19.6 Å². The highest BCUT2D eigenvalue weighted by atomic mass is 35.5. The van der Waals surface area contributed by atoms with Gasteiger partial charge in [0, 0.05) is 31.9 Å². The number of piperazine rings is 1. The van der Waals surface area contributed by atoms with Gasteiger partial charge in [0.1, 0.15) is 0 Å². The molecule has 1 aliphatic rings. The molecule has 0 saturated carbocycles. The van der Waals surface area contributed by atoms with E-state index < -0.39 is 15.9 Å². The number of amides is 1. The van der Waals surface area contributed by atoms with Crippen molar-refractivity contribution >= 4 is 33.5 Å². The Bertz CT molecular complexity index is 666. The van der Waals surface area contributed by atoms with Crippen LogP contribution in [0.3, 0.4) is 0 Å². The van der Waals surface area contributed by atoms with Gasteiger partial charge in [-0.2, -0.15) is 4.98 Å². The van der Waals surface area contributed by atoms with E-state index in [2.05, 4.69) is 9.97 Å². The molecular weight excluding hydrogens is 320 g/mol. The molecule has 1 aromatic heterocycles. The molecule has 1 amide bonds. The summed E-state index contributed by atoms with van der Waals surface area (Å²) >= 11 is 5.81. The zero-order chi connectivity index (χ0) is 15.8. The Balaban J connectivity index is 2.30. The normalized spacial score (nSPS) is 19.7. The molecule has 8 nitrogen and oxygen atoms in total. The zero-order valence-electron chi connectivity index (χ0n) is 11.5. The molecule has 1 aliphatic heterocycles. The van der Waals surface area contributed by atoms with Crippen LogP contribution in [0.1, 0.15) is 6.92 Å². The zero-order valence-corrected chi connectivity index (χ0v) is 13.1. The topological polar surface area (TPSA) is 104 Å². The lowest BCUT2D eigenvalue weighted by molar-refractivity contribution is 0.136. The van der Waals surface area contributed by atoms with Crippen LogP contribution in [0, 0.1) is 0 Å². The second-order valence-corrected chi connectivity index (χ2v) is 7.20. The molecule has 1 fully saturated rings. The highest BCUT2D eigenvalue weighted by molar-refractivity contribution is 7.90. The Hall–Kier alpha value is -1.61. The third-order valence-corrected chi connectivity index (χ3v) is 4.61. The Morgan fingerprint density at radius 1 is 1.48 bits per heavy atom. The van der Waals surface area contributed by atoms with Crippen LogP contribution in [-0.4, -0.2) is 66.4 Å². The van der Waals surface area contributed by atoms with Gasteiger partial charge >= 0.3 is 6.09 Å². The van der Waals surface area contributed by atoms with Crippen molar-refractivity contribution in [2.75, 3.05) is 30.8 Å². The average molecular weight is 335 g/mol. The van der Waals surface area contributed by atoms with Gasteiger partial charge in [0.05, 0.1) is 11.2 Å². The van der Waals surface area contributed by atoms with Gasteiger partial charge in [-0.15, -0.1) is 0 Å². The molecular formula is C11H15ClN4O4S. The van der Waals surface area contributed by atoms with Gasteiger partial charge in [-0.1, -0.05) is 11.6 Å². The first-order valence-corrected chi connectivity index (χ1v) is 8.44. The van der Waals surface area contributed by atoms with E-state index in [9.17, 15) is 13.2 Å². The van der Waals surface area contributed by atoms with E-state index in [0.717, 1.165) is 6.26 Å². The molecule has 0 spiro atoms. The van der Waals surface area contributed by atoms with Crippen molar-refractivity contribution in [3.8, 4) is 0 Å². The van der Waals surface area contributed by atoms with Gasteiger partial charge in [0.15, 0.2) is 14.9 Å². The summed E-state index contributed by atoms with van der Waals surface area (Å²) < 4.78 is 23.3. The number of hydrogen-bond acceptors (Lipinski definition) is 6. The van der Waals surface area contributed by atoms with Crippen LogP contribution in [0.5, 0.6) is 0 Å². The molecule has 116 valence electrons. The summed E-state index contributed by atoms with van der Waals surface area (Å²) in [7, 11) is -3.55. The van der Waals surface area contributed by atoms with Crippen molar-refractivity contribution < 1.29 is 18.3 Å². The predicted molar refractivity (Wildman–Crippen MR) is 76.6 cm³/mol. The Labute approximate surface area is 127 Å². The highest BCUT2D eigenvalue weighted by Crippen LogP contribution is 2.23. The fraction of sp³-hybridized carbons (Fsp3) is 0.545. The Morgan fingerprint density at radius 2 is 2.14 bits per heavy atom. The van der Waals surface area contributed by atoms with Crippen LogP contribution in [0.25, 0.3) is 0 Å². The summed E-state index contributed by atoms with van der Waals surface area (Å²) in [5, 5.41) is 8.73. The molecule has 1 aromatic rings. The third-order valence-electron chi connectivity index (χ3n) is 3.21. The molecule has 0 aromatic carbocycles. The molecule has 0 aliphatic carbocycles.